The maximum Gasteiger partial charge on any atom is 0.340 e. The number of hydrogen-bond acceptors (Lipinski definition) is 4. The lowest BCUT2D eigenvalue weighted by Gasteiger charge is -2.36. The molecular weight excluding hydrogens is 264 g/mol. The first-order valence-corrected chi connectivity index (χ1v) is 10.7. The smallest absolute Gasteiger partial charge is 0.340 e. The van der Waals surface area contributed by atoms with Crippen LogP contribution in [-0.2, 0) is 17.7 Å². The molecule has 0 aliphatic rings. The van der Waals surface area contributed by atoms with Gasteiger partial charge in [-0.15, -0.1) is 0 Å². The van der Waals surface area contributed by atoms with Gasteiger partial charge in [-0.3, -0.25) is 0 Å². The minimum absolute atomic E-state index is 0.417. The Kier molecular flexibility index (Phi) is 7.88. The monoisotopic (exact) mass is 294 g/mol. The Morgan fingerprint density at radius 3 is 0.944 bits per heavy atom. The molecule has 0 spiro atoms. The molecule has 4 nitrogen and oxygen atoms in total. The lowest BCUT2D eigenvalue weighted by Crippen LogP contribution is -2.49. The van der Waals surface area contributed by atoms with Crippen LogP contribution in [0.1, 0.15) is 27.7 Å². The van der Waals surface area contributed by atoms with Crippen LogP contribution in [0.25, 0.3) is 0 Å². The normalized spacial score (nSPS) is 13.7. The van der Waals surface area contributed by atoms with Gasteiger partial charge in [-0.05, 0) is 23.2 Å². The van der Waals surface area contributed by atoms with Crippen LogP contribution in [0.5, 0.6) is 0 Å². The van der Waals surface area contributed by atoms with Gasteiger partial charge in [0.2, 0.25) is 0 Å². The maximum absolute atomic E-state index is 5.74. The summed E-state index contributed by atoms with van der Waals surface area (Å²) >= 11 is 0. The lowest BCUT2D eigenvalue weighted by molar-refractivity contribution is 0.219. The van der Waals surface area contributed by atoms with E-state index in [0.29, 0.717) is 11.1 Å². The van der Waals surface area contributed by atoms with Crippen LogP contribution in [0, 0.1) is 0 Å². The highest BCUT2D eigenvalue weighted by molar-refractivity contribution is 6.74. The zero-order chi connectivity index (χ0) is 14.4. The summed E-state index contributed by atoms with van der Waals surface area (Å²) in [6.45, 7) is 8.66. The van der Waals surface area contributed by atoms with E-state index in [-0.39, 0.29) is 0 Å². The fraction of sp³-hybridized carbons (Fsp3) is 1.00. The van der Waals surface area contributed by atoms with E-state index in [1.165, 1.54) is 0 Å². The molecule has 0 aliphatic carbocycles. The standard InChI is InChI=1S/C12H30O4Si2/c1-11(2)17(13-5,14-6)9-10-18(15-7,16-8)12(3)4/h11-12H,9-10H2,1-8H3. The Morgan fingerprint density at radius 1 is 0.611 bits per heavy atom. The molecule has 0 saturated heterocycles. The van der Waals surface area contributed by atoms with Crippen LogP contribution in [-0.4, -0.2) is 45.6 Å². The van der Waals surface area contributed by atoms with Gasteiger partial charge < -0.3 is 17.7 Å². The summed E-state index contributed by atoms with van der Waals surface area (Å²) in [6.07, 6.45) is 0. The highest BCUT2D eigenvalue weighted by atomic mass is 28.4. The minimum atomic E-state index is -2.13. The van der Waals surface area contributed by atoms with E-state index in [0.717, 1.165) is 12.1 Å². The second-order valence-electron chi connectivity index (χ2n) is 5.25. The summed E-state index contributed by atoms with van der Waals surface area (Å²) in [4.78, 5) is 0. The van der Waals surface area contributed by atoms with Gasteiger partial charge in [-0.2, -0.15) is 0 Å². The van der Waals surface area contributed by atoms with Crippen molar-refractivity contribution < 1.29 is 17.7 Å². The average Bonchev–Trinajstić information content (AvgIpc) is 2.35. The SMILES string of the molecule is CO[Si](CC[Si](OC)(OC)C(C)C)(OC)C(C)C. The van der Waals surface area contributed by atoms with Crippen LogP contribution in [0.15, 0.2) is 0 Å². The zero-order valence-corrected chi connectivity index (χ0v) is 15.2. The molecule has 0 aromatic carbocycles. The lowest BCUT2D eigenvalue weighted by atomic mass is 10.6. The van der Waals surface area contributed by atoms with Crippen molar-refractivity contribution in [3.05, 3.63) is 0 Å². The van der Waals surface area contributed by atoms with Crippen molar-refractivity contribution in [2.45, 2.75) is 50.9 Å². The van der Waals surface area contributed by atoms with Crippen molar-refractivity contribution in [2.75, 3.05) is 28.4 Å². The van der Waals surface area contributed by atoms with Gasteiger partial charge in [0.1, 0.15) is 0 Å². The first kappa shape index (κ1) is 18.3. The van der Waals surface area contributed by atoms with E-state index in [2.05, 4.69) is 27.7 Å². The molecule has 0 radical (unpaired) electrons. The molecule has 110 valence electrons. The molecule has 0 N–H and O–H groups in total. The highest BCUT2D eigenvalue weighted by Gasteiger charge is 2.46. The van der Waals surface area contributed by atoms with E-state index in [1.54, 1.807) is 28.4 Å². The Morgan fingerprint density at radius 2 is 0.833 bits per heavy atom. The van der Waals surface area contributed by atoms with Crippen molar-refractivity contribution in [2.24, 2.45) is 0 Å². The molecule has 0 amide bonds. The third-order valence-corrected chi connectivity index (χ3v) is 12.6. The van der Waals surface area contributed by atoms with E-state index >= 15 is 0 Å². The molecule has 0 aromatic rings. The molecule has 18 heavy (non-hydrogen) atoms. The van der Waals surface area contributed by atoms with E-state index in [9.17, 15) is 0 Å². The summed E-state index contributed by atoms with van der Waals surface area (Å²) in [5.41, 5.74) is 0.833. The Labute approximate surface area is 114 Å². The van der Waals surface area contributed by atoms with Crippen molar-refractivity contribution >= 4 is 17.1 Å². The molecule has 0 saturated carbocycles. The number of hydrogen-bond donors (Lipinski definition) is 0. The van der Waals surface area contributed by atoms with Crippen LogP contribution < -0.4 is 0 Å². The molecule has 6 heteroatoms. The molecule has 0 unspecified atom stereocenters. The van der Waals surface area contributed by atoms with Crippen molar-refractivity contribution in [1.29, 1.82) is 0 Å². The summed E-state index contributed by atoms with van der Waals surface area (Å²) in [7, 11) is 2.76. The summed E-state index contributed by atoms with van der Waals surface area (Å²) < 4.78 is 23.0. The second kappa shape index (κ2) is 7.76. The Hall–Kier alpha value is 0.274. The third kappa shape index (κ3) is 3.88. The topological polar surface area (TPSA) is 36.9 Å². The van der Waals surface area contributed by atoms with Gasteiger partial charge in [0.15, 0.2) is 0 Å². The van der Waals surface area contributed by atoms with Gasteiger partial charge in [0, 0.05) is 28.4 Å². The molecule has 0 aromatic heterocycles. The molecule has 0 fully saturated rings. The predicted molar refractivity (Wildman–Crippen MR) is 79.4 cm³/mol. The fourth-order valence-electron chi connectivity index (χ4n) is 2.44. The fourth-order valence-corrected chi connectivity index (χ4v) is 9.42. The molecule has 0 rings (SSSR count). The summed E-state index contributed by atoms with van der Waals surface area (Å²) in [6, 6.07) is 1.84. The van der Waals surface area contributed by atoms with Crippen LogP contribution in [0.2, 0.25) is 23.2 Å². The van der Waals surface area contributed by atoms with Crippen LogP contribution >= 0.6 is 0 Å². The largest absolute Gasteiger partial charge is 0.397 e. The minimum Gasteiger partial charge on any atom is -0.397 e. The predicted octanol–water partition coefficient (Wildman–Crippen LogP) is 3.28. The second-order valence-corrected chi connectivity index (χ2v) is 13.4. The molecule has 0 heterocycles. The van der Waals surface area contributed by atoms with E-state index < -0.39 is 17.1 Å². The van der Waals surface area contributed by atoms with Crippen LogP contribution in [0.3, 0.4) is 0 Å². The first-order chi connectivity index (χ1) is 8.34. The third-order valence-electron chi connectivity index (χ3n) is 3.96. The quantitative estimate of drug-likeness (QED) is 0.612. The summed E-state index contributed by atoms with van der Waals surface area (Å²) in [5, 5.41) is 0. The maximum atomic E-state index is 5.74. The molecule has 0 atom stereocenters. The van der Waals surface area contributed by atoms with Crippen LogP contribution in [0.4, 0.5) is 0 Å². The van der Waals surface area contributed by atoms with Gasteiger partial charge in [0.25, 0.3) is 0 Å². The molecular formula is C12H30O4Si2. The average molecular weight is 295 g/mol. The molecule has 0 bridgehead atoms. The number of rotatable bonds is 9. The van der Waals surface area contributed by atoms with E-state index in [4.69, 9.17) is 17.7 Å². The Bertz CT molecular complexity index is 202. The zero-order valence-electron chi connectivity index (χ0n) is 13.2. The Balaban J connectivity index is 4.87. The van der Waals surface area contributed by atoms with Gasteiger partial charge >= 0.3 is 17.1 Å². The highest BCUT2D eigenvalue weighted by Crippen LogP contribution is 2.35. The van der Waals surface area contributed by atoms with Crippen molar-refractivity contribution in [3.63, 3.8) is 0 Å². The van der Waals surface area contributed by atoms with Gasteiger partial charge in [-0.25, -0.2) is 0 Å². The van der Waals surface area contributed by atoms with E-state index in [1.807, 2.05) is 0 Å². The van der Waals surface area contributed by atoms with Crippen molar-refractivity contribution in [1.82, 2.24) is 0 Å². The van der Waals surface area contributed by atoms with Crippen molar-refractivity contribution in [3.8, 4) is 0 Å². The first-order valence-electron chi connectivity index (χ1n) is 6.54. The van der Waals surface area contributed by atoms with Gasteiger partial charge in [-0.1, -0.05) is 27.7 Å². The van der Waals surface area contributed by atoms with Gasteiger partial charge in [0.05, 0.1) is 0 Å². The summed E-state index contributed by atoms with van der Waals surface area (Å²) in [5.74, 6) is 0. The molecule has 0 aliphatic heterocycles.